The molecule has 432 valence electrons. The Bertz CT molecular complexity index is 1390. The molecule has 3 N–H and O–H groups in total. The smallest absolute Gasteiger partial charge is 0.462 e. The summed E-state index contributed by atoms with van der Waals surface area (Å²) in [5.74, 6) is -0.887. The SMILES string of the molecule is CC/C=C\C/C=C\C/C=C\C/C=C\C/C=C\CCCC(=O)OC(COC(=O)CCCCCCCCCCCCCCCCCCCCCCCCCCCCCCCCCCCCCC)COP(=O)(O)OCCN. The molecule has 0 rings (SSSR count). The maximum absolute atomic E-state index is 12.6. The molecule has 0 fully saturated rings. The average Bonchev–Trinajstić information content (AvgIpc) is 3.39. The third kappa shape index (κ3) is 59.0. The second-order valence-electron chi connectivity index (χ2n) is 20.9. The zero-order valence-electron chi connectivity index (χ0n) is 48.3. The number of phosphoric acid groups is 1. The Balaban J connectivity index is 3.82. The van der Waals surface area contributed by atoms with E-state index in [1.54, 1.807) is 0 Å². The first-order valence-electron chi connectivity index (χ1n) is 31.3. The van der Waals surface area contributed by atoms with Gasteiger partial charge in [0.05, 0.1) is 13.2 Å². The first-order chi connectivity index (χ1) is 36.3. The van der Waals surface area contributed by atoms with E-state index < -0.39 is 32.5 Å². The van der Waals surface area contributed by atoms with Crippen molar-refractivity contribution < 1.29 is 37.6 Å². The largest absolute Gasteiger partial charge is 0.472 e. The number of carbonyl (C=O) groups is 2. The van der Waals surface area contributed by atoms with Crippen molar-refractivity contribution in [2.45, 2.75) is 309 Å². The van der Waals surface area contributed by atoms with Gasteiger partial charge in [0, 0.05) is 19.4 Å². The normalized spacial score (nSPS) is 13.4. The van der Waals surface area contributed by atoms with Crippen LogP contribution in [-0.2, 0) is 32.7 Å². The standard InChI is InChI=1S/C64H118NO8P/c1-3-5-7-9-11-13-15-17-19-21-22-23-24-25-26-27-28-29-30-31-32-33-34-35-36-37-38-39-41-42-44-46-48-50-52-54-56-63(66)70-60-62(61-72-74(68,69)71-59-58-65)73-64(67)57-55-53-51-49-47-45-43-40-20-18-16-14-12-10-8-6-4-2/h6,8,12,14,18,20,43,45,49,51,62H,3-5,7,9-11,13,15-17,19,21-42,44,46-48,50,52-61,65H2,1-2H3,(H,68,69)/b8-6-,14-12-,20-18-,45-43-,51-49-. The van der Waals surface area contributed by atoms with Crippen LogP contribution < -0.4 is 5.73 Å². The molecule has 0 bridgehead atoms. The molecular formula is C64H118NO8P. The van der Waals surface area contributed by atoms with Crippen LogP contribution in [0.2, 0.25) is 0 Å². The van der Waals surface area contributed by atoms with Gasteiger partial charge in [-0.3, -0.25) is 18.6 Å². The molecule has 0 aliphatic heterocycles. The predicted molar refractivity (Wildman–Crippen MR) is 316 cm³/mol. The van der Waals surface area contributed by atoms with Crippen molar-refractivity contribution in [3.05, 3.63) is 60.8 Å². The van der Waals surface area contributed by atoms with Gasteiger partial charge in [-0.25, -0.2) is 4.57 Å². The highest BCUT2D eigenvalue weighted by atomic mass is 31.2. The lowest BCUT2D eigenvalue weighted by molar-refractivity contribution is -0.161. The van der Waals surface area contributed by atoms with Crippen molar-refractivity contribution in [3.63, 3.8) is 0 Å². The molecule has 2 atom stereocenters. The van der Waals surface area contributed by atoms with E-state index in [2.05, 4.69) is 68.5 Å². The number of ether oxygens (including phenoxy) is 2. The quantitative estimate of drug-likeness (QED) is 0.0264. The fourth-order valence-electron chi connectivity index (χ4n) is 9.09. The van der Waals surface area contributed by atoms with Gasteiger partial charge in [-0.2, -0.15) is 0 Å². The van der Waals surface area contributed by atoms with Crippen molar-refractivity contribution in [3.8, 4) is 0 Å². The molecule has 0 saturated carbocycles. The van der Waals surface area contributed by atoms with Gasteiger partial charge >= 0.3 is 19.8 Å². The molecule has 9 nitrogen and oxygen atoms in total. The maximum atomic E-state index is 12.6. The molecule has 10 heteroatoms. The Kier molecular flexibility index (Phi) is 58.1. The number of rotatable bonds is 59. The van der Waals surface area contributed by atoms with Crippen LogP contribution >= 0.6 is 7.82 Å². The highest BCUT2D eigenvalue weighted by molar-refractivity contribution is 7.47. The highest BCUT2D eigenvalue weighted by Crippen LogP contribution is 2.43. The Morgan fingerprint density at radius 3 is 1.09 bits per heavy atom. The summed E-state index contributed by atoms with van der Waals surface area (Å²) in [5, 5.41) is 0. The zero-order chi connectivity index (χ0) is 53.8. The van der Waals surface area contributed by atoms with Crippen molar-refractivity contribution in [1.82, 2.24) is 0 Å². The van der Waals surface area contributed by atoms with E-state index in [0.717, 1.165) is 51.4 Å². The van der Waals surface area contributed by atoms with Gasteiger partial charge in [0.25, 0.3) is 0 Å². The fraction of sp³-hybridized carbons (Fsp3) is 0.812. The number of carbonyl (C=O) groups excluding carboxylic acids is 2. The third-order valence-corrected chi connectivity index (χ3v) is 14.7. The third-order valence-electron chi connectivity index (χ3n) is 13.7. The van der Waals surface area contributed by atoms with Gasteiger partial charge in [-0.1, -0.05) is 299 Å². The van der Waals surface area contributed by atoms with E-state index >= 15 is 0 Å². The Morgan fingerprint density at radius 1 is 0.419 bits per heavy atom. The van der Waals surface area contributed by atoms with Gasteiger partial charge in [-0.05, 0) is 51.4 Å². The lowest BCUT2D eigenvalue weighted by Crippen LogP contribution is -2.29. The Morgan fingerprint density at radius 2 is 0.743 bits per heavy atom. The number of unbranched alkanes of at least 4 members (excludes halogenated alkanes) is 36. The molecule has 0 aromatic rings. The van der Waals surface area contributed by atoms with Crippen LogP contribution in [-0.4, -0.2) is 49.3 Å². The first kappa shape index (κ1) is 71.7. The minimum absolute atomic E-state index is 0.0433. The van der Waals surface area contributed by atoms with E-state index in [9.17, 15) is 19.0 Å². The molecule has 0 radical (unpaired) electrons. The molecule has 0 heterocycles. The average molecular weight is 1060 g/mol. The summed E-state index contributed by atoms with van der Waals surface area (Å²) < 4.78 is 32.9. The van der Waals surface area contributed by atoms with Gasteiger partial charge in [0.1, 0.15) is 6.61 Å². The van der Waals surface area contributed by atoms with E-state index in [1.165, 1.54) is 212 Å². The summed E-state index contributed by atoms with van der Waals surface area (Å²) in [6.45, 7) is 3.60. The van der Waals surface area contributed by atoms with Crippen LogP contribution in [0.3, 0.4) is 0 Å². The zero-order valence-corrected chi connectivity index (χ0v) is 49.2. The van der Waals surface area contributed by atoms with Gasteiger partial charge in [-0.15, -0.1) is 0 Å². The molecule has 0 spiro atoms. The molecule has 0 aliphatic rings. The monoisotopic (exact) mass is 1060 g/mol. The fourth-order valence-corrected chi connectivity index (χ4v) is 9.85. The molecule has 0 aromatic heterocycles. The van der Waals surface area contributed by atoms with E-state index in [1.807, 2.05) is 6.08 Å². The lowest BCUT2D eigenvalue weighted by atomic mass is 10.0. The summed E-state index contributed by atoms with van der Waals surface area (Å²) in [6.07, 6.45) is 76.2. The summed E-state index contributed by atoms with van der Waals surface area (Å²) in [4.78, 5) is 35.1. The molecule has 0 aromatic carbocycles. The van der Waals surface area contributed by atoms with Crippen LogP contribution in [0.1, 0.15) is 303 Å². The second-order valence-corrected chi connectivity index (χ2v) is 22.4. The lowest BCUT2D eigenvalue weighted by Gasteiger charge is -2.19. The van der Waals surface area contributed by atoms with Gasteiger partial charge < -0.3 is 20.1 Å². The number of nitrogens with two attached hydrogens (primary N) is 1. The molecule has 74 heavy (non-hydrogen) atoms. The van der Waals surface area contributed by atoms with Crippen LogP contribution in [0.25, 0.3) is 0 Å². The van der Waals surface area contributed by atoms with Crippen molar-refractivity contribution in [2.24, 2.45) is 5.73 Å². The minimum atomic E-state index is -4.40. The molecular weight excluding hydrogens is 942 g/mol. The summed E-state index contributed by atoms with van der Waals surface area (Å²) in [7, 11) is -4.40. The van der Waals surface area contributed by atoms with Crippen LogP contribution in [0, 0.1) is 0 Å². The Hall–Kier alpha value is -2.29. The number of esters is 2. The van der Waals surface area contributed by atoms with Crippen LogP contribution in [0.5, 0.6) is 0 Å². The molecule has 2 unspecified atom stereocenters. The van der Waals surface area contributed by atoms with Crippen molar-refractivity contribution in [2.75, 3.05) is 26.4 Å². The molecule has 0 saturated heterocycles. The highest BCUT2D eigenvalue weighted by Gasteiger charge is 2.26. The minimum Gasteiger partial charge on any atom is -0.462 e. The van der Waals surface area contributed by atoms with Crippen LogP contribution in [0.4, 0.5) is 0 Å². The predicted octanol–water partition coefficient (Wildman–Crippen LogP) is 19.9. The second kappa shape index (κ2) is 59.9. The van der Waals surface area contributed by atoms with Gasteiger partial charge in [0.15, 0.2) is 6.10 Å². The number of allylic oxidation sites excluding steroid dienone is 10. The van der Waals surface area contributed by atoms with E-state index in [4.69, 9.17) is 24.3 Å². The van der Waals surface area contributed by atoms with Gasteiger partial charge in [0.2, 0.25) is 0 Å². The Labute approximate surface area is 457 Å². The van der Waals surface area contributed by atoms with Crippen LogP contribution in [0.15, 0.2) is 60.8 Å². The van der Waals surface area contributed by atoms with E-state index in [0.29, 0.717) is 12.8 Å². The van der Waals surface area contributed by atoms with E-state index in [-0.39, 0.29) is 32.6 Å². The molecule has 0 amide bonds. The number of phosphoric ester groups is 1. The number of hydrogen-bond donors (Lipinski definition) is 2. The number of hydrogen-bond acceptors (Lipinski definition) is 8. The van der Waals surface area contributed by atoms with Crippen molar-refractivity contribution in [1.29, 1.82) is 0 Å². The summed E-state index contributed by atoms with van der Waals surface area (Å²) >= 11 is 0. The summed E-state index contributed by atoms with van der Waals surface area (Å²) in [6, 6.07) is 0. The maximum Gasteiger partial charge on any atom is 0.472 e. The first-order valence-corrected chi connectivity index (χ1v) is 32.8. The summed E-state index contributed by atoms with van der Waals surface area (Å²) in [5.41, 5.74) is 5.37. The topological polar surface area (TPSA) is 134 Å². The van der Waals surface area contributed by atoms with Crippen molar-refractivity contribution >= 4 is 19.8 Å². The molecule has 0 aliphatic carbocycles.